The lowest BCUT2D eigenvalue weighted by Gasteiger charge is -2.30. The van der Waals surface area contributed by atoms with Gasteiger partial charge in [0.2, 0.25) is 5.91 Å². The van der Waals surface area contributed by atoms with E-state index in [1.165, 1.54) is 0 Å². The number of carbonyl (C=O) groups is 1. The molecule has 0 radical (unpaired) electrons. The van der Waals surface area contributed by atoms with E-state index in [0.29, 0.717) is 18.9 Å². The number of piperidine rings is 1. The standard InChI is InChI=1S/C17H26N4O/c1-3-4-16(22)21-10-7-15-14(12-21)11-18-17(19-15)13-5-8-20(2)9-6-13/h11,13H,3-10,12H2,1-2H3. The van der Waals surface area contributed by atoms with Crippen LogP contribution in [0.25, 0.3) is 0 Å². The molecule has 2 aliphatic rings. The van der Waals surface area contributed by atoms with Gasteiger partial charge in [-0.2, -0.15) is 0 Å². The maximum atomic E-state index is 12.0. The molecule has 1 saturated heterocycles. The lowest BCUT2D eigenvalue weighted by molar-refractivity contribution is -0.132. The third-order valence-corrected chi connectivity index (χ3v) is 4.85. The fourth-order valence-electron chi connectivity index (χ4n) is 3.38. The number of likely N-dealkylation sites (tertiary alicyclic amines) is 1. The van der Waals surface area contributed by atoms with Crippen molar-refractivity contribution in [3.8, 4) is 0 Å². The van der Waals surface area contributed by atoms with Crippen LogP contribution in [-0.4, -0.2) is 52.4 Å². The number of hydrogen-bond acceptors (Lipinski definition) is 4. The Morgan fingerprint density at radius 1 is 1.32 bits per heavy atom. The van der Waals surface area contributed by atoms with Crippen molar-refractivity contribution in [1.29, 1.82) is 0 Å². The van der Waals surface area contributed by atoms with Gasteiger partial charge >= 0.3 is 0 Å². The third kappa shape index (κ3) is 3.29. The third-order valence-electron chi connectivity index (χ3n) is 4.85. The number of hydrogen-bond donors (Lipinski definition) is 0. The summed E-state index contributed by atoms with van der Waals surface area (Å²) in [6.45, 7) is 5.79. The molecule has 0 saturated carbocycles. The van der Waals surface area contributed by atoms with Gasteiger partial charge in [-0.05, 0) is 39.4 Å². The van der Waals surface area contributed by atoms with Crippen molar-refractivity contribution >= 4 is 5.91 Å². The summed E-state index contributed by atoms with van der Waals surface area (Å²) in [4.78, 5) is 25.8. The molecule has 120 valence electrons. The van der Waals surface area contributed by atoms with Crippen molar-refractivity contribution in [2.45, 2.75) is 51.5 Å². The Bertz CT molecular complexity index is 537. The lowest BCUT2D eigenvalue weighted by atomic mass is 9.95. The zero-order chi connectivity index (χ0) is 15.5. The molecule has 0 atom stereocenters. The molecule has 0 N–H and O–H groups in total. The normalized spacial score (nSPS) is 20.0. The predicted octanol–water partition coefficient (Wildman–Crippen LogP) is 1.97. The summed E-state index contributed by atoms with van der Waals surface area (Å²) in [6, 6.07) is 0. The number of nitrogens with zero attached hydrogens (tertiary/aromatic N) is 4. The van der Waals surface area contributed by atoms with E-state index in [1.54, 1.807) is 0 Å². The molecular formula is C17H26N4O. The SMILES string of the molecule is CCCC(=O)N1CCc2nc(C3CCN(C)CC3)ncc2C1. The molecule has 0 aliphatic carbocycles. The molecule has 1 amide bonds. The zero-order valence-electron chi connectivity index (χ0n) is 13.7. The topological polar surface area (TPSA) is 49.3 Å². The van der Waals surface area contributed by atoms with Gasteiger partial charge in [-0.3, -0.25) is 4.79 Å². The fraction of sp³-hybridized carbons (Fsp3) is 0.706. The van der Waals surface area contributed by atoms with Gasteiger partial charge in [0.25, 0.3) is 0 Å². The maximum absolute atomic E-state index is 12.0. The van der Waals surface area contributed by atoms with Crippen molar-refractivity contribution in [2.24, 2.45) is 0 Å². The molecule has 0 spiro atoms. The highest BCUT2D eigenvalue weighted by molar-refractivity contribution is 5.76. The van der Waals surface area contributed by atoms with Crippen LogP contribution in [0.4, 0.5) is 0 Å². The number of carbonyl (C=O) groups excluding carboxylic acids is 1. The van der Waals surface area contributed by atoms with Crippen molar-refractivity contribution in [1.82, 2.24) is 19.8 Å². The van der Waals surface area contributed by atoms with E-state index in [4.69, 9.17) is 4.98 Å². The quantitative estimate of drug-likeness (QED) is 0.856. The van der Waals surface area contributed by atoms with E-state index >= 15 is 0 Å². The highest BCUT2D eigenvalue weighted by Crippen LogP contribution is 2.26. The molecule has 5 heteroatoms. The van der Waals surface area contributed by atoms with Crippen molar-refractivity contribution in [2.75, 3.05) is 26.7 Å². The van der Waals surface area contributed by atoms with E-state index in [0.717, 1.165) is 62.4 Å². The summed E-state index contributed by atoms with van der Waals surface area (Å²) in [5, 5.41) is 0. The first-order chi connectivity index (χ1) is 10.7. The fourth-order valence-corrected chi connectivity index (χ4v) is 3.38. The Balaban J connectivity index is 1.69. The van der Waals surface area contributed by atoms with Crippen LogP contribution in [0.2, 0.25) is 0 Å². The number of aromatic nitrogens is 2. The van der Waals surface area contributed by atoms with Gasteiger partial charge in [-0.1, -0.05) is 6.92 Å². The summed E-state index contributed by atoms with van der Waals surface area (Å²) in [7, 11) is 2.17. The van der Waals surface area contributed by atoms with Crippen LogP contribution in [0.3, 0.4) is 0 Å². The molecular weight excluding hydrogens is 276 g/mol. The molecule has 0 bridgehead atoms. The second kappa shape index (κ2) is 6.73. The molecule has 0 aromatic carbocycles. The van der Waals surface area contributed by atoms with Crippen LogP contribution in [0.15, 0.2) is 6.20 Å². The monoisotopic (exact) mass is 302 g/mol. The summed E-state index contributed by atoms with van der Waals surface area (Å²) in [5.74, 6) is 1.77. The Morgan fingerprint density at radius 3 is 2.82 bits per heavy atom. The molecule has 5 nitrogen and oxygen atoms in total. The number of fused-ring (bicyclic) bond motifs is 1. The van der Waals surface area contributed by atoms with Crippen LogP contribution < -0.4 is 0 Å². The first-order valence-corrected chi connectivity index (χ1v) is 8.48. The maximum Gasteiger partial charge on any atom is 0.222 e. The molecule has 1 aromatic heterocycles. The molecule has 3 heterocycles. The Morgan fingerprint density at radius 2 is 2.09 bits per heavy atom. The average Bonchev–Trinajstić information content (AvgIpc) is 2.55. The minimum atomic E-state index is 0.257. The van der Waals surface area contributed by atoms with Gasteiger partial charge in [0, 0.05) is 43.6 Å². The van der Waals surface area contributed by atoms with Gasteiger partial charge in [-0.15, -0.1) is 0 Å². The Hall–Kier alpha value is -1.49. The predicted molar refractivity (Wildman–Crippen MR) is 85.5 cm³/mol. The summed E-state index contributed by atoms with van der Waals surface area (Å²) in [6.07, 6.45) is 6.68. The molecule has 1 fully saturated rings. The minimum absolute atomic E-state index is 0.257. The first-order valence-electron chi connectivity index (χ1n) is 8.48. The second-order valence-corrected chi connectivity index (χ2v) is 6.59. The van der Waals surface area contributed by atoms with E-state index in [9.17, 15) is 4.79 Å². The van der Waals surface area contributed by atoms with Crippen LogP contribution in [0, 0.1) is 0 Å². The molecule has 3 rings (SSSR count). The molecule has 2 aliphatic heterocycles. The van der Waals surface area contributed by atoms with Crippen LogP contribution >= 0.6 is 0 Å². The number of rotatable bonds is 3. The summed E-state index contributed by atoms with van der Waals surface area (Å²) in [5.41, 5.74) is 2.29. The van der Waals surface area contributed by atoms with Crippen LogP contribution in [-0.2, 0) is 17.8 Å². The first kappa shape index (κ1) is 15.4. The van der Waals surface area contributed by atoms with Gasteiger partial charge in [0.15, 0.2) is 0 Å². The van der Waals surface area contributed by atoms with E-state index in [2.05, 4.69) is 16.9 Å². The zero-order valence-corrected chi connectivity index (χ0v) is 13.7. The van der Waals surface area contributed by atoms with Crippen molar-refractivity contribution < 1.29 is 4.79 Å². The van der Waals surface area contributed by atoms with Crippen molar-refractivity contribution in [3.63, 3.8) is 0 Å². The Labute approximate surface area is 132 Å². The average molecular weight is 302 g/mol. The molecule has 1 aromatic rings. The Kier molecular flexibility index (Phi) is 4.71. The van der Waals surface area contributed by atoms with E-state index in [-0.39, 0.29) is 5.91 Å². The van der Waals surface area contributed by atoms with E-state index < -0.39 is 0 Å². The molecule has 22 heavy (non-hydrogen) atoms. The van der Waals surface area contributed by atoms with Crippen LogP contribution in [0.5, 0.6) is 0 Å². The van der Waals surface area contributed by atoms with Crippen molar-refractivity contribution in [3.05, 3.63) is 23.3 Å². The second-order valence-electron chi connectivity index (χ2n) is 6.59. The smallest absolute Gasteiger partial charge is 0.222 e. The van der Waals surface area contributed by atoms with Gasteiger partial charge in [0.05, 0.1) is 5.69 Å². The minimum Gasteiger partial charge on any atom is -0.338 e. The van der Waals surface area contributed by atoms with Crippen LogP contribution in [0.1, 0.15) is 55.6 Å². The van der Waals surface area contributed by atoms with Gasteiger partial charge in [-0.25, -0.2) is 9.97 Å². The summed E-state index contributed by atoms with van der Waals surface area (Å²) < 4.78 is 0. The largest absolute Gasteiger partial charge is 0.338 e. The van der Waals surface area contributed by atoms with E-state index in [1.807, 2.05) is 18.0 Å². The van der Waals surface area contributed by atoms with Gasteiger partial charge < -0.3 is 9.80 Å². The molecule has 0 unspecified atom stereocenters. The summed E-state index contributed by atoms with van der Waals surface area (Å²) >= 11 is 0. The highest BCUT2D eigenvalue weighted by atomic mass is 16.2. The number of amides is 1. The van der Waals surface area contributed by atoms with Gasteiger partial charge in [0.1, 0.15) is 5.82 Å². The highest BCUT2D eigenvalue weighted by Gasteiger charge is 2.25. The lowest BCUT2D eigenvalue weighted by Crippen LogP contribution is -2.36.